The van der Waals surface area contributed by atoms with Crippen LogP contribution in [0.2, 0.25) is 0 Å². The van der Waals surface area contributed by atoms with Crippen LogP contribution in [0.5, 0.6) is 0 Å². The number of nitrogens with zero attached hydrogens (tertiary/aromatic N) is 1. The molecule has 0 aromatic heterocycles. The van der Waals surface area contributed by atoms with Crippen LogP contribution in [0.15, 0.2) is 12.3 Å². The number of amides is 3. The van der Waals surface area contributed by atoms with Gasteiger partial charge in [-0.15, -0.1) is 0 Å². The van der Waals surface area contributed by atoms with Crippen molar-refractivity contribution in [1.82, 2.24) is 10.2 Å². The minimum Gasteiger partial charge on any atom is -0.504 e. The molecule has 0 saturated carbocycles. The first-order chi connectivity index (χ1) is 10.1. The van der Waals surface area contributed by atoms with E-state index in [0.717, 1.165) is 17.2 Å². The molecule has 9 heteroatoms. The first-order valence-electron chi connectivity index (χ1n) is 6.49. The second-order valence-electron chi connectivity index (χ2n) is 4.40. The van der Waals surface area contributed by atoms with Crippen molar-refractivity contribution >= 4 is 52.5 Å². The van der Waals surface area contributed by atoms with Crippen molar-refractivity contribution in [1.29, 1.82) is 0 Å². The van der Waals surface area contributed by atoms with Crippen LogP contribution in [0.1, 0.15) is 26.2 Å². The molecule has 126 valence electrons. The fraction of sp³-hybridized carbons (Fsp3) is 0.615. The fourth-order valence-corrected chi connectivity index (χ4v) is 1.77. The smallest absolute Gasteiger partial charge is 0.256 e. The second kappa shape index (κ2) is 9.92. The highest BCUT2D eigenvalue weighted by atomic mass is 35.6. The van der Waals surface area contributed by atoms with Gasteiger partial charge in [0.1, 0.15) is 6.04 Å². The van der Waals surface area contributed by atoms with Gasteiger partial charge in [-0.3, -0.25) is 19.3 Å². The number of rotatable bonds is 7. The summed E-state index contributed by atoms with van der Waals surface area (Å²) in [6.07, 6.45) is 2.57. The van der Waals surface area contributed by atoms with E-state index in [0.29, 0.717) is 0 Å². The molecular weight excluding hydrogens is 355 g/mol. The lowest BCUT2D eigenvalue weighted by atomic mass is 10.1. The van der Waals surface area contributed by atoms with Gasteiger partial charge in [0.2, 0.25) is 5.91 Å². The van der Waals surface area contributed by atoms with Crippen LogP contribution >= 0.6 is 34.8 Å². The van der Waals surface area contributed by atoms with E-state index in [2.05, 4.69) is 10.1 Å². The van der Waals surface area contributed by atoms with Crippen molar-refractivity contribution in [2.45, 2.75) is 36.0 Å². The zero-order chi connectivity index (χ0) is 17.3. The third-order valence-corrected chi connectivity index (χ3v) is 3.25. The number of likely N-dealkylation sites (N-methyl/N-ethyl adjacent to an activating group) is 1. The average Bonchev–Trinajstić information content (AvgIpc) is 2.46. The summed E-state index contributed by atoms with van der Waals surface area (Å²) in [6, 6.07) is -0.951. The van der Waals surface area contributed by atoms with Crippen LogP contribution in [0, 0.1) is 0 Å². The van der Waals surface area contributed by atoms with Gasteiger partial charge < -0.3 is 10.1 Å². The minimum absolute atomic E-state index is 0.0496. The van der Waals surface area contributed by atoms with Crippen LogP contribution < -0.4 is 5.32 Å². The monoisotopic (exact) mass is 372 g/mol. The van der Waals surface area contributed by atoms with Crippen molar-refractivity contribution in [3.8, 4) is 0 Å². The molecule has 0 aliphatic heterocycles. The number of hydrogen-bond donors (Lipinski definition) is 1. The summed E-state index contributed by atoms with van der Waals surface area (Å²) in [7, 11) is 2.67. The molecule has 22 heavy (non-hydrogen) atoms. The molecule has 1 atom stereocenters. The van der Waals surface area contributed by atoms with Crippen molar-refractivity contribution in [3.63, 3.8) is 0 Å². The van der Waals surface area contributed by atoms with Crippen LogP contribution in [0.4, 0.5) is 0 Å². The molecule has 6 nitrogen and oxygen atoms in total. The van der Waals surface area contributed by atoms with Gasteiger partial charge >= 0.3 is 0 Å². The van der Waals surface area contributed by atoms with Gasteiger partial charge in [-0.25, -0.2) is 0 Å². The molecule has 0 saturated heterocycles. The summed E-state index contributed by atoms with van der Waals surface area (Å²) in [5, 5.41) is 2.52. The Bertz CT molecular complexity index is 435. The van der Waals surface area contributed by atoms with Crippen LogP contribution in [0.25, 0.3) is 0 Å². The van der Waals surface area contributed by atoms with Crippen molar-refractivity contribution in [3.05, 3.63) is 12.3 Å². The lowest BCUT2D eigenvalue weighted by Crippen LogP contribution is -2.49. The predicted molar refractivity (Wildman–Crippen MR) is 85.7 cm³/mol. The largest absolute Gasteiger partial charge is 0.504 e. The summed E-state index contributed by atoms with van der Waals surface area (Å²) in [6.45, 7) is 1.64. The van der Waals surface area contributed by atoms with E-state index in [-0.39, 0.29) is 25.2 Å². The van der Waals surface area contributed by atoms with Crippen LogP contribution in [0.3, 0.4) is 0 Å². The SMILES string of the molecule is CCC(=O)N[C@H](CCC(Cl)(Cl)Cl)C(=O)N(C)C(=O)/C=C/OC. The fourth-order valence-electron chi connectivity index (χ4n) is 1.44. The Labute approximate surface area is 144 Å². The van der Waals surface area contributed by atoms with Crippen LogP contribution in [-0.4, -0.2) is 46.6 Å². The molecule has 1 N–H and O–H groups in total. The Morgan fingerprint density at radius 1 is 1.32 bits per heavy atom. The van der Waals surface area contributed by atoms with Gasteiger partial charge in [0.05, 0.1) is 13.4 Å². The Balaban J connectivity index is 4.97. The van der Waals surface area contributed by atoms with Gasteiger partial charge in [-0.1, -0.05) is 41.7 Å². The first kappa shape index (κ1) is 21.0. The molecule has 0 aromatic rings. The summed E-state index contributed by atoms with van der Waals surface area (Å²) in [5.74, 6) is -1.52. The van der Waals surface area contributed by atoms with E-state index < -0.39 is 21.6 Å². The number of imide groups is 1. The van der Waals surface area contributed by atoms with Gasteiger partial charge in [-0.05, 0) is 12.8 Å². The maximum absolute atomic E-state index is 12.3. The Morgan fingerprint density at radius 3 is 2.36 bits per heavy atom. The number of halogens is 3. The highest BCUT2D eigenvalue weighted by molar-refractivity contribution is 6.67. The number of carbonyl (C=O) groups is 3. The average molecular weight is 374 g/mol. The maximum Gasteiger partial charge on any atom is 0.256 e. The Hall–Kier alpha value is -0.980. The topological polar surface area (TPSA) is 75.7 Å². The lowest BCUT2D eigenvalue weighted by Gasteiger charge is -2.23. The molecule has 0 unspecified atom stereocenters. The molecule has 0 aliphatic rings. The number of alkyl halides is 3. The van der Waals surface area contributed by atoms with Crippen molar-refractivity contribution < 1.29 is 19.1 Å². The lowest BCUT2D eigenvalue weighted by molar-refractivity contribution is -0.143. The summed E-state index contributed by atoms with van der Waals surface area (Å²) < 4.78 is 3.07. The number of hydrogen-bond acceptors (Lipinski definition) is 4. The summed E-state index contributed by atoms with van der Waals surface area (Å²) >= 11 is 17.0. The zero-order valence-corrected chi connectivity index (χ0v) is 14.8. The van der Waals surface area contributed by atoms with E-state index in [9.17, 15) is 14.4 Å². The quantitative estimate of drug-likeness (QED) is 0.421. The first-order valence-corrected chi connectivity index (χ1v) is 7.62. The molecule has 0 fully saturated rings. The molecule has 0 rings (SSSR count). The normalized spacial score (nSPS) is 12.8. The second-order valence-corrected chi connectivity index (χ2v) is 6.92. The van der Waals surface area contributed by atoms with Crippen molar-refractivity contribution in [2.75, 3.05) is 14.2 Å². The molecule has 0 radical (unpaired) electrons. The molecule has 0 bridgehead atoms. The van der Waals surface area contributed by atoms with E-state index >= 15 is 0 Å². The van der Waals surface area contributed by atoms with Gasteiger partial charge in [-0.2, -0.15) is 0 Å². The summed E-state index contributed by atoms with van der Waals surface area (Å²) in [4.78, 5) is 36.4. The number of methoxy groups -OCH3 is 1. The highest BCUT2D eigenvalue weighted by Gasteiger charge is 2.29. The van der Waals surface area contributed by atoms with E-state index in [1.54, 1.807) is 6.92 Å². The molecule has 0 aliphatic carbocycles. The molecule has 0 spiro atoms. The maximum atomic E-state index is 12.3. The number of nitrogens with one attached hydrogen (secondary N) is 1. The molecule has 0 heterocycles. The number of carbonyl (C=O) groups excluding carboxylic acids is 3. The third-order valence-electron chi connectivity index (χ3n) is 2.68. The predicted octanol–water partition coefficient (Wildman–Crippen LogP) is 2.18. The molecule has 0 aromatic carbocycles. The zero-order valence-electron chi connectivity index (χ0n) is 12.6. The molecular formula is C13H19Cl3N2O4. The van der Waals surface area contributed by atoms with E-state index in [4.69, 9.17) is 34.8 Å². The van der Waals surface area contributed by atoms with Gasteiger partial charge in [0, 0.05) is 19.5 Å². The molecule has 3 amide bonds. The van der Waals surface area contributed by atoms with E-state index in [1.165, 1.54) is 14.2 Å². The Kier molecular flexibility index (Phi) is 9.48. The third kappa shape index (κ3) is 8.46. The van der Waals surface area contributed by atoms with Crippen LogP contribution in [-0.2, 0) is 19.1 Å². The van der Waals surface area contributed by atoms with Gasteiger partial charge in [0.15, 0.2) is 3.79 Å². The van der Waals surface area contributed by atoms with Gasteiger partial charge in [0.25, 0.3) is 11.8 Å². The Morgan fingerprint density at radius 2 is 1.91 bits per heavy atom. The van der Waals surface area contributed by atoms with Crippen molar-refractivity contribution in [2.24, 2.45) is 0 Å². The minimum atomic E-state index is -1.55. The van der Waals surface area contributed by atoms with E-state index in [1.807, 2.05) is 0 Å². The standard InChI is InChI=1S/C13H19Cl3N2O4/c1-4-10(19)17-9(5-7-13(14,15)16)12(21)18(2)11(20)6-8-22-3/h6,8-9H,4-5,7H2,1-3H3,(H,17,19)/b8-6+/t9-/m1/s1. The highest BCUT2D eigenvalue weighted by Crippen LogP contribution is 2.32. The number of ether oxygens (including phenoxy) is 1. The summed E-state index contributed by atoms with van der Waals surface area (Å²) in [5.41, 5.74) is 0.